The Bertz CT molecular complexity index is 732. The Labute approximate surface area is 153 Å². The zero-order valence-electron chi connectivity index (χ0n) is 13.8. The van der Waals surface area contributed by atoms with Crippen molar-refractivity contribution in [1.82, 2.24) is 9.78 Å². The fourth-order valence-corrected chi connectivity index (χ4v) is 4.55. The zero-order chi connectivity index (χ0) is 16.5. The Morgan fingerprint density at radius 2 is 1.88 bits per heavy atom. The van der Waals surface area contributed by atoms with E-state index in [4.69, 9.17) is 28.3 Å². The highest BCUT2D eigenvalue weighted by atomic mass is 35.5. The second-order valence-electron chi connectivity index (χ2n) is 6.94. The Kier molecular flexibility index (Phi) is 4.73. The van der Waals surface area contributed by atoms with Gasteiger partial charge in [0.15, 0.2) is 0 Å². The van der Waals surface area contributed by atoms with Crippen LogP contribution >= 0.6 is 23.2 Å². The van der Waals surface area contributed by atoms with Crippen molar-refractivity contribution >= 4 is 29.0 Å². The van der Waals surface area contributed by atoms with Gasteiger partial charge >= 0.3 is 0 Å². The van der Waals surface area contributed by atoms with E-state index >= 15 is 0 Å². The quantitative estimate of drug-likeness (QED) is 0.711. The topological polar surface area (TPSA) is 29.9 Å². The Hall–Kier alpha value is -1.19. The van der Waals surface area contributed by atoms with Gasteiger partial charge in [-0.25, -0.2) is 4.68 Å². The standard InChI is InChI=1S/C19H23Cl2N3/c20-14-9-10-17(16(21)12-14)24-19-15(8-4-5-11-22-19)18(23-24)13-6-2-1-3-7-13/h9-10,12-13,22H,1-8,11H2. The predicted octanol–water partition coefficient (Wildman–Crippen LogP) is 5.98. The van der Waals surface area contributed by atoms with Crippen LogP contribution in [0.4, 0.5) is 5.82 Å². The fourth-order valence-electron chi connectivity index (χ4n) is 4.06. The molecular formula is C19H23Cl2N3. The monoisotopic (exact) mass is 363 g/mol. The molecule has 1 aromatic heterocycles. The van der Waals surface area contributed by atoms with Crippen molar-refractivity contribution < 1.29 is 0 Å². The van der Waals surface area contributed by atoms with Crippen molar-refractivity contribution in [3.05, 3.63) is 39.5 Å². The van der Waals surface area contributed by atoms with Gasteiger partial charge in [-0.2, -0.15) is 5.10 Å². The molecule has 128 valence electrons. The van der Waals surface area contributed by atoms with E-state index in [1.165, 1.54) is 56.2 Å². The molecule has 5 heteroatoms. The molecule has 2 heterocycles. The smallest absolute Gasteiger partial charge is 0.133 e. The number of aromatic nitrogens is 2. The molecule has 0 radical (unpaired) electrons. The van der Waals surface area contributed by atoms with E-state index in [9.17, 15) is 0 Å². The lowest BCUT2D eigenvalue weighted by Crippen LogP contribution is -2.09. The highest BCUT2D eigenvalue weighted by Crippen LogP contribution is 2.39. The summed E-state index contributed by atoms with van der Waals surface area (Å²) in [7, 11) is 0. The minimum atomic E-state index is 0.597. The van der Waals surface area contributed by atoms with E-state index < -0.39 is 0 Å². The molecule has 2 aromatic rings. The van der Waals surface area contributed by atoms with Gasteiger partial charge in [-0.3, -0.25) is 0 Å². The van der Waals surface area contributed by atoms with Crippen molar-refractivity contribution in [2.75, 3.05) is 11.9 Å². The largest absolute Gasteiger partial charge is 0.370 e. The van der Waals surface area contributed by atoms with E-state index in [1.54, 1.807) is 6.07 Å². The van der Waals surface area contributed by atoms with Crippen molar-refractivity contribution in [3.8, 4) is 5.69 Å². The first kappa shape index (κ1) is 16.3. The summed E-state index contributed by atoms with van der Waals surface area (Å²) in [6.45, 7) is 0.994. The number of benzene rings is 1. The number of hydrogen-bond donors (Lipinski definition) is 1. The molecule has 1 aliphatic carbocycles. The van der Waals surface area contributed by atoms with Crippen molar-refractivity contribution in [2.24, 2.45) is 0 Å². The summed E-state index contributed by atoms with van der Waals surface area (Å²) < 4.78 is 2.02. The van der Waals surface area contributed by atoms with Crippen LogP contribution in [0.25, 0.3) is 5.69 Å². The van der Waals surface area contributed by atoms with E-state index in [0.717, 1.165) is 24.5 Å². The molecule has 1 aromatic carbocycles. The first-order valence-corrected chi connectivity index (χ1v) is 9.81. The second kappa shape index (κ2) is 6.97. The van der Waals surface area contributed by atoms with Crippen LogP contribution in [-0.4, -0.2) is 16.3 Å². The number of halogens is 2. The average Bonchev–Trinajstić information content (AvgIpc) is 2.78. The molecule has 3 nitrogen and oxygen atoms in total. The van der Waals surface area contributed by atoms with Crippen LogP contribution in [-0.2, 0) is 6.42 Å². The lowest BCUT2D eigenvalue weighted by Gasteiger charge is -2.20. The molecular weight excluding hydrogens is 341 g/mol. The molecule has 0 unspecified atom stereocenters. The SMILES string of the molecule is Clc1ccc(-n2nc(C3CCCCC3)c3c2NCCCC3)c(Cl)c1. The normalized spacial score (nSPS) is 18.8. The Morgan fingerprint density at radius 3 is 2.67 bits per heavy atom. The van der Waals surface area contributed by atoms with Crippen LogP contribution in [0.15, 0.2) is 18.2 Å². The molecule has 0 atom stereocenters. The minimum Gasteiger partial charge on any atom is -0.370 e. The number of fused-ring (bicyclic) bond motifs is 1. The van der Waals surface area contributed by atoms with Gasteiger partial charge in [0.25, 0.3) is 0 Å². The van der Waals surface area contributed by atoms with Crippen molar-refractivity contribution in [1.29, 1.82) is 0 Å². The number of nitrogens with zero attached hydrogens (tertiary/aromatic N) is 2. The van der Waals surface area contributed by atoms with Gasteiger partial charge in [-0.15, -0.1) is 0 Å². The van der Waals surface area contributed by atoms with E-state index in [1.807, 2.05) is 16.8 Å². The summed E-state index contributed by atoms with van der Waals surface area (Å²) in [5.41, 5.74) is 3.62. The maximum absolute atomic E-state index is 6.47. The van der Waals surface area contributed by atoms with E-state index in [0.29, 0.717) is 16.0 Å². The second-order valence-corrected chi connectivity index (χ2v) is 7.78. The lowest BCUT2D eigenvalue weighted by molar-refractivity contribution is 0.432. The Balaban J connectivity index is 1.82. The lowest BCUT2D eigenvalue weighted by atomic mass is 9.85. The number of rotatable bonds is 2. The molecule has 0 saturated heterocycles. The Morgan fingerprint density at radius 1 is 1.04 bits per heavy atom. The third-order valence-electron chi connectivity index (χ3n) is 5.29. The number of hydrogen-bond acceptors (Lipinski definition) is 2. The van der Waals surface area contributed by atoms with E-state index in [-0.39, 0.29) is 0 Å². The number of nitrogens with one attached hydrogen (secondary N) is 1. The van der Waals surface area contributed by atoms with Crippen LogP contribution in [0.1, 0.15) is 62.1 Å². The molecule has 1 fully saturated rings. The molecule has 24 heavy (non-hydrogen) atoms. The summed E-state index contributed by atoms with van der Waals surface area (Å²) in [5.74, 6) is 1.73. The minimum absolute atomic E-state index is 0.597. The van der Waals surface area contributed by atoms with Crippen molar-refractivity contribution in [3.63, 3.8) is 0 Å². The average molecular weight is 364 g/mol. The molecule has 4 rings (SSSR count). The van der Waals surface area contributed by atoms with Crippen LogP contribution < -0.4 is 5.32 Å². The van der Waals surface area contributed by atoms with Crippen LogP contribution in [0.2, 0.25) is 10.0 Å². The summed E-state index contributed by atoms with van der Waals surface area (Å²) in [4.78, 5) is 0. The van der Waals surface area contributed by atoms with Gasteiger partial charge in [0, 0.05) is 23.0 Å². The molecule has 1 aliphatic heterocycles. The molecule has 2 aliphatic rings. The third kappa shape index (κ3) is 3.04. The van der Waals surface area contributed by atoms with Crippen molar-refractivity contribution in [2.45, 2.75) is 57.3 Å². The van der Waals surface area contributed by atoms with Gasteiger partial charge in [0.2, 0.25) is 0 Å². The van der Waals surface area contributed by atoms with E-state index in [2.05, 4.69) is 5.32 Å². The predicted molar refractivity (Wildman–Crippen MR) is 101 cm³/mol. The summed E-state index contributed by atoms with van der Waals surface area (Å²) in [6.07, 6.45) is 10.1. The highest BCUT2D eigenvalue weighted by Gasteiger charge is 2.27. The molecule has 0 amide bonds. The van der Waals surface area contributed by atoms with Crippen LogP contribution in [0, 0.1) is 0 Å². The molecule has 0 spiro atoms. The third-order valence-corrected chi connectivity index (χ3v) is 5.83. The molecule has 1 N–H and O–H groups in total. The summed E-state index contributed by atoms with van der Waals surface area (Å²) in [5, 5.41) is 9.95. The van der Waals surface area contributed by atoms with Gasteiger partial charge in [-0.1, -0.05) is 42.5 Å². The zero-order valence-corrected chi connectivity index (χ0v) is 15.3. The summed E-state index contributed by atoms with van der Waals surface area (Å²) >= 11 is 12.5. The maximum atomic E-state index is 6.47. The number of anilines is 1. The highest BCUT2D eigenvalue weighted by molar-refractivity contribution is 6.35. The molecule has 0 bridgehead atoms. The molecule has 1 saturated carbocycles. The maximum Gasteiger partial charge on any atom is 0.133 e. The van der Waals surface area contributed by atoms with Crippen LogP contribution in [0.3, 0.4) is 0 Å². The van der Waals surface area contributed by atoms with Gasteiger partial charge in [0.05, 0.1) is 16.4 Å². The van der Waals surface area contributed by atoms with Gasteiger partial charge in [0.1, 0.15) is 5.82 Å². The van der Waals surface area contributed by atoms with Gasteiger partial charge < -0.3 is 5.32 Å². The first-order chi connectivity index (χ1) is 11.7. The fraction of sp³-hybridized carbons (Fsp3) is 0.526. The summed E-state index contributed by atoms with van der Waals surface area (Å²) in [6, 6.07) is 5.65. The first-order valence-electron chi connectivity index (χ1n) is 9.05. The van der Waals surface area contributed by atoms with Gasteiger partial charge in [-0.05, 0) is 50.3 Å². The van der Waals surface area contributed by atoms with Crippen LogP contribution in [0.5, 0.6) is 0 Å².